The topological polar surface area (TPSA) is 87.1 Å². The summed E-state index contributed by atoms with van der Waals surface area (Å²) in [7, 11) is 2.10. The molecule has 2 atom stereocenters. The molecule has 0 bridgehead atoms. The fraction of sp³-hybridized carbons (Fsp3) is 0.280. The number of likely N-dealkylation sites (tertiary alicyclic amines) is 2. The first-order valence-electron chi connectivity index (χ1n) is 11.3. The molecule has 1 amide bonds. The number of hydrogen-bond donors (Lipinski definition) is 1. The summed E-state index contributed by atoms with van der Waals surface area (Å²) in [5, 5.41) is 8.85. The van der Waals surface area contributed by atoms with Crippen molar-refractivity contribution >= 4 is 16.8 Å². The van der Waals surface area contributed by atoms with Crippen molar-refractivity contribution in [1.82, 2.24) is 29.8 Å². The van der Waals surface area contributed by atoms with E-state index in [0.717, 1.165) is 31.7 Å². The number of halogens is 1. The molecule has 0 saturated carbocycles. The zero-order valence-electron chi connectivity index (χ0n) is 18.6. The van der Waals surface area contributed by atoms with E-state index in [1.807, 2.05) is 17.0 Å². The van der Waals surface area contributed by atoms with Gasteiger partial charge in [0.25, 0.3) is 11.5 Å². The van der Waals surface area contributed by atoms with Gasteiger partial charge in [0.05, 0.1) is 17.4 Å². The van der Waals surface area contributed by atoms with Crippen LogP contribution in [0.3, 0.4) is 0 Å². The van der Waals surface area contributed by atoms with Gasteiger partial charge in [-0.15, -0.1) is 5.10 Å². The monoisotopic (exact) mass is 458 g/mol. The van der Waals surface area contributed by atoms with Crippen LogP contribution in [-0.2, 0) is 0 Å². The number of hydrogen-bond acceptors (Lipinski definition) is 5. The third kappa shape index (κ3) is 3.49. The molecule has 4 heterocycles. The summed E-state index contributed by atoms with van der Waals surface area (Å²) in [6.45, 7) is 2.79. The normalized spacial score (nSPS) is 20.2. The molecule has 9 heteroatoms. The van der Waals surface area contributed by atoms with Crippen LogP contribution in [0.15, 0.2) is 59.5 Å². The number of carbonyl (C=O) groups excluding carboxylic acids is 1. The highest BCUT2D eigenvalue weighted by Crippen LogP contribution is 2.32. The Morgan fingerprint density at radius 1 is 1.12 bits per heavy atom. The lowest BCUT2D eigenvalue weighted by molar-refractivity contribution is 0.0729. The van der Waals surface area contributed by atoms with E-state index in [2.05, 4.69) is 27.2 Å². The van der Waals surface area contributed by atoms with Crippen LogP contribution >= 0.6 is 0 Å². The van der Waals surface area contributed by atoms with E-state index in [0.29, 0.717) is 39.7 Å². The zero-order valence-corrected chi connectivity index (χ0v) is 18.6. The number of carbonyl (C=O) groups is 1. The molecule has 2 fully saturated rings. The molecule has 2 aliphatic heterocycles. The van der Waals surface area contributed by atoms with Crippen molar-refractivity contribution < 1.29 is 9.18 Å². The average Bonchev–Trinajstić information content (AvgIpc) is 3.54. The van der Waals surface area contributed by atoms with E-state index in [1.165, 1.54) is 18.2 Å². The lowest BCUT2D eigenvalue weighted by Gasteiger charge is -2.24. The molecule has 4 aromatic rings. The number of aromatic amines is 1. The molecule has 172 valence electrons. The average molecular weight is 458 g/mol. The lowest BCUT2D eigenvalue weighted by atomic mass is 10.0. The predicted octanol–water partition coefficient (Wildman–Crippen LogP) is 2.69. The van der Waals surface area contributed by atoms with Crippen LogP contribution in [0.1, 0.15) is 16.8 Å². The zero-order chi connectivity index (χ0) is 23.4. The molecule has 6 rings (SSSR count). The smallest absolute Gasteiger partial charge is 0.258 e. The number of rotatable bonds is 3. The summed E-state index contributed by atoms with van der Waals surface area (Å²) in [5.74, 6) is 0.244. The van der Waals surface area contributed by atoms with Gasteiger partial charge >= 0.3 is 0 Å². The Bertz CT molecular complexity index is 1460. The van der Waals surface area contributed by atoms with Gasteiger partial charge in [0.1, 0.15) is 11.5 Å². The van der Waals surface area contributed by atoms with Crippen LogP contribution in [-0.4, -0.2) is 68.4 Å². The Morgan fingerprint density at radius 2 is 1.94 bits per heavy atom. The molecule has 2 aromatic heterocycles. The highest BCUT2D eigenvalue weighted by atomic mass is 19.1. The molecule has 34 heavy (non-hydrogen) atoms. The number of fused-ring (bicyclic) bond motifs is 2. The second-order valence-electron chi connectivity index (χ2n) is 9.17. The van der Waals surface area contributed by atoms with Crippen molar-refractivity contribution in [3.63, 3.8) is 0 Å². The Morgan fingerprint density at radius 3 is 2.76 bits per heavy atom. The number of H-pyrrole nitrogens is 1. The number of benzene rings is 2. The van der Waals surface area contributed by atoms with E-state index < -0.39 is 0 Å². The largest absolute Gasteiger partial charge is 0.334 e. The first-order valence-corrected chi connectivity index (χ1v) is 11.3. The summed E-state index contributed by atoms with van der Waals surface area (Å²) in [4.78, 5) is 32.7. The predicted molar refractivity (Wildman–Crippen MR) is 125 cm³/mol. The van der Waals surface area contributed by atoms with Crippen LogP contribution < -0.4 is 5.56 Å². The molecule has 0 aliphatic carbocycles. The molecule has 2 aliphatic rings. The van der Waals surface area contributed by atoms with Gasteiger partial charge in [-0.25, -0.2) is 9.07 Å². The third-order valence-corrected chi connectivity index (χ3v) is 6.95. The number of nitrogens with zero attached hydrogens (tertiary/aromatic N) is 5. The van der Waals surface area contributed by atoms with E-state index in [4.69, 9.17) is 0 Å². The van der Waals surface area contributed by atoms with Crippen molar-refractivity contribution in [1.29, 1.82) is 0 Å². The summed E-state index contributed by atoms with van der Waals surface area (Å²) in [6.07, 6.45) is 2.70. The van der Waals surface area contributed by atoms with E-state index in [9.17, 15) is 14.0 Å². The maximum atomic E-state index is 13.6. The van der Waals surface area contributed by atoms with E-state index in [1.54, 1.807) is 29.1 Å². The molecular weight excluding hydrogens is 435 g/mol. The van der Waals surface area contributed by atoms with Gasteiger partial charge in [0, 0.05) is 42.1 Å². The Balaban J connectivity index is 1.25. The van der Waals surface area contributed by atoms with Crippen LogP contribution in [0, 0.1) is 11.7 Å². The van der Waals surface area contributed by atoms with Crippen LogP contribution in [0.5, 0.6) is 0 Å². The van der Waals surface area contributed by atoms with Gasteiger partial charge in [-0.05, 0) is 67.9 Å². The van der Waals surface area contributed by atoms with Crippen LogP contribution in [0.25, 0.3) is 27.8 Å². The number of aromatic nitrogens is 4. The molecule has 2 saturated heterocycles. The van der Waals surface area contributed by atoms with Crippen molar-refractivity contribution in [3.05, 3.63) is 76.5 Å². The van der Waals surface area contributed by atoms with Gasteiger partial charge in [-0.1, -0.05) is 5.21 Å². The highest BCUT2D eigenvalue weighted by Gasteiger charge is 2.42. The Kier molecular flexibility index (Phi) is 4.80. The quantitative estimate of drug-likeness (QED) is 0.510. The minimum absolute atomic E-state index is 0.0589. The van der Waals surface area contributed by atoms with Gasteiger partial charge in [0.2, 0.25) is 0 Å². The molecule has 2 aromatic carbocycles. The summed E-state index contributed by atoms with van der Waals surface area (Å²) in [5.41, 5.74) is 2.28. The first-order chi connectivity index (χ1) is 16.5. The maximum absolute atomic E-state index is 13.6. The van der Waals surface area contributed by atoms with Crippen LogP contribution in [0.4, 0.5) is 4.39 Å². The minimum atomic E-state index is -0.381. The molecule has 0 spiro atoms. The summed E-state index contributed by atoms with van der Waals surface area (Å²) in [6, 6.07) is 13.3. The Hall–Kier alpha value is -3.85. The van der Waals surface area contributed by atoms with Gasteiger partial charge in [-0.3, -0.25) is 9.59 Å². The number of amides is 1. The van der Waals surface area contributed by atoms with Crippen LogP contribution in [0.2, 0.25) is 0 Å². The summed E-state index contributed by atoms with van der Waals surface area (Å²) < 4.78 is 15.2. The molecule has 8 nitrogen and oxygen atoms in total. The van der Waals surface area contributed by atoms with Crippen molar-refractivity contribution in [2.75, 3.05) is 26.7 Å². The second-order valence-corrected chi connectivity index (χ2v) is 9.17. The molecular formula is C25H23FN6O2. The third-order valence-electron chi connectivity index (χ3n) is 6.95. The molecule has 1 N–H and O–H groups in total. The SMILES string of the molecule is CN1C[C@H]2CCN(C(=O)c3ccc(-n4cc(-c5cc6cc(F)ccc6[nH]c5=O)nn4)cc3)[C@H]2C1. The number of likely N-dealkylation sites (N-methyl/N-ethyl adjacent to an activating group) is 1. The second kappa shape index (κ2) is 7.88. The standard InChI is InChI=1S/C25H23FN6O2/c1-30-12-16-8-9-31(23(16)14-30)25(34)15-2-5-19(6-3-15)32-13-22(28-29-32)20-11-17-10-18(26)4-7-21(17)27-24(20)33/h2-7,10-11,13,16,23H,8-9,12,14H2,1H3,(H,27,33)/t16-,23+/m1/s1. The lowest BCUT2D eigenvalue weighted by Crippen LogP contribution is -2.39. The Labute approximate surface area is 194 Å². The van der Waals surface area contributed by atoms with Gasteiger partial charge in [-0.2, -0.15) is 0 Å². The van der Waals surface area contributed by atoms with Crippen molar-refractivity contribution in [2.24, 2.45) is 5.92 Å². The van der Waals surface area contributed by atoms with E-state index in [-0.39, 0.29) is 17.3 Å². The van der Waals surface area contributed by atoms with E-state index >= 15 is 0 Å². The number of nitrogens with one attached hydrogen (secondary N) is 1. The summed E-state index contributed by atoms with van der Waals surface area (Å²) >= 11 is 0. The van der Waals surface area contributed by atoms with Crippen molar-refractivity contribution in [2.45, 2.75) is 12.5 Å². The van der Waals surface area contributed by atoms with Gasteiger partial charge < -0.3 is 14.8 Å². The molecule has 0 unspecified atom stereocenters. The van der Waals surface area contributed by atoms with Crippen molar-refractivity contribution in [3.8, 4) is 16.9 Å². The first kappa shape index (κ1) is 20.7. The fourth-order valence-corrected chi connectivity index (χ4v) is 5.23. The molecule has 0 radical (unpaired) electrons. The van der Waals surface area contributed by atoms with Gasteiger partial charge in [0.15, 0.2) is 0 Å². The number of pyridine rings is 1. The highest BCUT2D eigenvalue weighted by molar-refractivity contribution is 5.95. The maximum Gasteiger partial charge on any atom is 0.258 e. The minimum Gasteiger partial charge on any atom is -0.334 e. The fourth-order valence-electron chi connectivity index (χ4n) is 5.23.